The summed E-state index contributed by atoms with van der Waals surface area (Å²) in [5, 5.41) is 3.52. The minimum absolute atomic E-state index is 0.0423. The molecule has 0 aliphatic carbocycles. The highest BCUT2D eigenvalue weighted by molar-refractivity contribution is 7.92. The van der Waals surface area contributed by atoms with Crippen molar-refractivity contribution >= 4 is 39.1 Å². The van der Waals surface area contributed by atoms with E-state index in [1.807, 2.05) is 77.1 Å². The lowest BCUT2D eigenvalue weighted by molar-refractivity contribution is -0.140. The average Bonchev–Trinajstić information content (AvgIpc) is 2.99. The fourth-order valence-corrected chi connectivity index (χ4v) is 6.61. The van der Waals surface area contributed by atoms with E-state index in [1.165, 1.54) is 17.0 Å². The second kappa shape index (κ2) is 14.3. The van der Waals surface area contributed by atoms with Crippen LogP contribution >= 0.6 is 11.6 Å². The Morgan fingerprint density at radius 3 is 2.02 bits per heavy atom. The van der Waals surface area contributed by atoms with Gasteiger partial charge in [0, 0.05) is 23.5 Å². The Balaban J connectivity index is 1.83. The van der Waals surface area contributed by atoms with Crippen LogP contribution in [0.4, 0.5) is 5.69 Å². The third kappa shape index (κ3) is 8.96. The standard InChI is InChI=1S/C36H40ClN3O4S/c1-26-19-20-31(21-27(26)2)40(45(43,44)32-17-10-7-11-18-32)25-34(41)39(24-29-15-12-16-30(37)22-29)33(35(42)38-36(3,4)5)23-28-13-8-6-9-14-28/h6-22,33H,23-25H2,1-5H3,(H,38,42)/t33-/m1/s1. The maximum Gasteiger partial charge on any atom is 0.264 e. The van der Waals surface area contributed by atoms with Gasteiger partial charge >= 0.3 is 0 Å². The molecule has 7 nitrogen and oxygen atoms in total. The fourth-order valence-electron chi connectivity index (χ4n) is 4.97. The molecule has 0 spiro atoms. The summed E-state index contributed by atoms with van der Waals surface area (Å²) >= 11 is 6.32. The molecule has 0 aliphatic rings. The quantitative estimate of drug-likeness (QED) is 0.197. The summed E-state index contributed by atoms with van der Waals surface area (Å²) in [6.07, 6.45) is 0.226. The second-order valence-electron chi connectivity index (χ2n) is 12.2. The largest absolute Gasteiger partial charge is 0.350 e. The Bertz CT molecular complexity index is 1740. The number of sulfonamides is 1. The number of benzene rings is 4. The van der Waals surface area contributed by atoms with Crippen LogP contribution in [0.3, 0.4) is 0 Å². The summed E-state index contributed by atoms with van der Waals surface area (Å²) in [5.41, 5.74) is 3.23. The van der Waals surface area contributed by atoms with Crippen molar-refractivity contribution in [3.8, 4) is 0 Å². The Hall–Kier alpha value is -4.14. The van der Waals surface area contributed by atoms with Gasteiger partial charge in [-0.3, -0.25) is 13.9 Å². The van der Waals surface area contributed by atoms with Crippen LogP contribution in [0.2, 0.25) is 5.02 Å². The Morgan fingerprint density at radius 1 is 0.800 bits per heavy atom. The summed E-state index contributed by atoms with van der Waals surface area (Å²) < 4.78 is 29.4. The van der Waals surface area contributed by atoms with Gasteiger partial charge in [-0.05, 0) is 93.3 Å². The molecule has 0 saturated heterocycles. The predicted octanol–water partition coefficient (Wildman–Crippen LogP) is 6.71. The van der Waals surface area contributed by atoms with Crippen molar-refractivity contribution in [1.82, 2.24) is 10.2 Å². The molecule has 4 aromatic carbocycles. The maximum absolute atomic E-state index is 14.6. The number of aryl methyl sites for hydroxylation is 2. The number of carbonyl (C=O) groups is 2. The molecule has 0 radical (unpaired) electrons. The van der Waals surface area contributed by atoms with Crippen LogP contribution < -0.4 is 9.62 Å². The van der Waals surface area contributed by atoms with Crippen LogP contribution in [0.25, 0.3) is 0 Å². The highest BCUT2D eigenvalue weighted by Gasteiger charge is 2.35. The van der Waals surface area contributed by atoms with Gasteiger partial charge in [-0.2, -0.15) is 0 Å². The molecule has 0 aliphatic heterocycles. The van der Waals surface area contributed by atoms with Gasteiger partial charge in [0.15, 0.2) is 0 Å². The lowest BCUT2D eigenvalue weighted by Gasteiger charge is -2.35. The highest BCUT2D eigenvalue weighted by atomic mass is 35.5. The summed E-state index contributed by atoms with van der Waals surface area (Å²) in [6.45, 7) is 8.99. The molecule has 1 atom stereocenters. The first-order valence-electron chi connectivity index (χ1n) is 14.8. The van der Waals surface area contributed by atoms with Crippen molar-refractivity contribution in [3.63, 3.8) is 0 Å². The predicted molar refractivity (Wildman–Crippen MR) is 181 cm³/mol. The van der Waals surface area contributed by atoms with Crippen LogP contribution in [0.5, 0.6) is 0 Å². The van der Waals surface area contributed by atoms with E-state index in [0.29, 0.717) is 16.3 Å². The summed E-state index contributed by atoms with van der Waals surface area (Å²) in [7, 11) is -4.16. The van der Waals surface area contributed by atoms with Crippen molar-refractivity contribution in [1.29, 1.82) is 0 Å². The number of nitrogens with zero attached hydrogens (tertiary/aromatic N) is 2. The van der Waals surface area contributed by atoms with Crippen molar-refractivity contribution in [2.75, 3.05) is 10.8 Å². The van der Waals surface area contributed by atoms with Crippen molar-refractivity contribution in [2.45, 2.75) is 64.1 Å². The van der Waals surface area contributed by atoms with Crippen LogP contribution in [0, 0.1) is 13.8 Å². The molecule has 0 bridgehead atoms. The molecule has 45 heavy (non-hydrogen) atoms. The summed E-state index contributed by atoms with van der Waals surface area (Å²) in [5.74, 6) is -0.872. The van der Waals surface area contributed by atoms with E-state index in [9.17, 15) is 18.0 Å². The normalized spacial score (nSPS) is 12.3. The smallest absolute Gasteiger partial charge is 0.264 e. The first-order chi connectivity index (χ1) is 21.2. The van der Waals surface area contributed by atoms with E-state index >= 15 is 0 Å². The number of anilines is 1. The van der Waals surface area contributed by atoms with E-state index in [-0.39, 0.29) is 23.8 Å². The number of halogens is 1. The molecule has 4 rings (SSSR count). The molecule has 0 saturated carbocycles. The molecule has 0 aromatic heterocycles. The van der Waals surface area contributed by atoms with Gasteiger partial charge in [-0.25, -0.2) is 8.42 Å². The van der Waals surface area contributed by atoms with Gasteiger partial charge in [0.25, 0.3) is 10.0 Å². The molecule has 0 fully saturated rings. The summed E-state index contributed by atoms with van der Waals surface area (Å²) in [4.78, 5) is 30.0. The van der Waals surface area contributed by atoms with Crippen LogP contribution in [-0.4, -0.2) is 43.3 Å². The topological polar surface area (TPSA) is 86.8 Å². The molecule has 0 unspecified atom stereocenters. The number of hydrogen-bond donors (Lipinski definition) is 1. The lowest BCUT2D eigenvalue weighted by Crippen LogP contribution is -2.56. The van der Waals surface area contributed by atoms with E-state index < -0.39 is 34.1 Å². The Morgan fingerprint density at radius 2 is 1.42 bits per heavy atom. The minimum atomic E-state index is -4.16. The number of carbonyl (C=O) groups excluding carboxylic acids is 2. The van der Waals surface area contributed by atoms with E-state index in [2.05, 4.69) is 5.32 Å². The molecule has 0 heterocycles. The van der Waals surface area contributed by atoms with Gasteiger partial charge in [-0.15, -0.1) is 0 Å². The van der Waals surface area contributed by atoms with Crippen LogP contribution in [-0.2, 0) is 32.6 Å². The van der Waals surface area contributed by atoms with Crippen molar-refractivity contribution in [3.05, 3.63) is 130 Å². The van der Waals surface area contributed by atoms with Gasteiger partial charge in [0.1, 0.15) is 12.6 Å². The minimum Gasteiger partial charge on any atom is -0.350 e. The number of nitrogens with one attached hydrogen (secondary N) is 1. The third-order valence-electron chi connectivity index (χ3n) is 7.40. The monoisotopic (exact) mass is 645 g/mol. The first-order valence-corrected chi connectivity index (χ1v) is 16.6. The maximum atomic E-state index is 14.6. The molecular weight excluding hydrogens is 606 g/mol. The Kier molecular flexibility index (Phi) is 10.7. The van der Waals surface area contributed by atoms with Gasteiger partial charge in [-0.1, -0.05) is 78.3 Å². The number of rotatable bonds is 11. The highest BCUT2D eigenvalue weighted by Crippen LogP contribution is 2.27. The zero-order valence-electron chi connectivity index (χ0n) is 26.3. The van der Waals surface area contributed by atoms with Crippen LogP contribution in [0.15, 0.2) is 108 Å². The van der Waals surface area contributed by atoms with Crippen LogP contribution in [0.1, 0.15) is 43.0 Å². The van der Waals surface area contributed by atoms with Gasteiger partial charge in [0.05, 0.1) is 10.6 Å². The molecule has 236 valence electrons. The number of amides is 2. The second-order valence-corrected chi connectivity index (χ2v) is 14.5. The fraction of sp³-hybridized carbons (Fsp3) is 0.278. The molecule has 1 N–H and O–H groups in total. The molecule has 2 amide bonds. The first kappa shape index (κ1) is 33.7. The summed E-state index contributed by atoms with van der Waals surface area (Å²) in [6, 6.07) is 28.9. The van der Waals surface area contributed by atoms with Crippen molar-refractivity contribution < 1.29 is 18.0 Å². The van der Waals surface area contributed by atoms with Gasteiger partial charge in [0.2, 0.25) is 11.8 Å². The Labute approximate surface area is 271 Å². The molecular formula is C36H40ClN3O4S. The van der Waals surface area contributed by atoms with Crippen molar-refractivity contribution in [2.24, 2.45) is 0 Å². The zero-order chi connectivity index (χ0) is 32.8. The SMILES string of the molecule is Cc1ccc(N(CC(=O)N(Cc2cccc(Cl)c2)[C@H](Cc2ccccc2)C(=O)NC(C)(C)C)S(=O)(=O)c2ccccc2)cc1C. The number of hydrogen-bond acceptors (Lipinski definition) is 4. The molecule has 4 aromatic rings. The zero-order valence-corrected chi connectivity index (χ0v) is 27.9. The van der Waals surface area contributed by atoms with E-state index in [4.69, 9.17) is 11.6 Å². The van der Waals surface area contributed by atoms with Gasteiger partial charge < -0.3 is 10.2 Å². The van der Waals surface area contributed by atoms with E-state index in [0.717, 1.165) is 21.0 Å². The molecule has 9 heteroatoms. The average molecular weight is 646 g/mol. The lowest BCUT2D eigenvalue weighted by atomic mass is 10.0. The van der Waals surface area contributed by atoms with E-state index in [1.54, 1.807) is 48.5 Å². The third-order valence-corrected chi connectivity index (χ3v) is 9.42.